The van der Waals surface area contributed by atoms with Crippen molar-refractivity contribution in [2.24, 2.45) is 0 Å². The van der Waals surface area contributed by atoms with Gasteiger partial charge in [0.1, 0.15) is 0 Å². The summed E-state index contributed by atoms with van der Waals surface area (Å²) in [6.07, 6.45) is 2.49. The van der Waals surface area contributed by atoms with Gasteiger partial charge in [0.25, 0.3) is 5.69 Å². The minimum atomic E-state index is -3.04. The summed E-state index contributed by atoms with van der Waals surface area (Å²) in [6.45, 7) is 1.25. The number of hydrogen-bond acceptors (Lipinski definition) is 6. The monoisotopic (exact) mass is 399 g/mol. The first-order valence-corrected chi connectivity index (χ1v) is 10.7. The molecule has 26 heavy (non-hydrogen) atoms. The number of rotatable bonds is 5. The average Bonchev–Trinajstić information content (AvgIpc) is 3.22. The lowest BCUT2D eigenvalue weighted by molar-refractivity contribution is -0.384. The molecule has 1 aromatic rings. The van der Waals surface area contributed by atoms with Crippen molar-refractivity contribution in [1.82, 2.24) is 4.90 Å². The number of thiocarbonyl (C=S) groups is 1. The minimum absolute atomic E-state index is 0.000401. The van der Waals surface area contributed by atoms with Crippen molar-refractivity contribution in [2.45, 2.75) is 31.4 Å². The van der Waals surface area contributed by atoms with Crippen LogP contribution in [0.15, 0.2) is 24.3 Å². The summed E-state index contributed by atoms with van der Waals surface area (Å²) in [5.74, 6) is 0.252. The topological polar surface area (TPSA) is 102 Å². The van der Waals surface area contributed by atoms with Gasteiger partial charge in [-0.3, -0.25) is 10.1 Å². The molecule has 0 bridgehead atoms. The molecule has 0 spiro atoms. The Balaban J connectivity index is 1.72. The minimum Gasteiger partial charge on any atom is -0.376 e. The maximum absolute atomic E-state index is 11.9. The second-order valence-electron chi connectivity index (χ2n) is 6.58. The van der Waals surface area contributed by atoms with E-state index in [1.54, 1.807) is 12.1 Å². The molecule has 3 rings (SSSR count). The first-order chi connectivity index (χ1) is 12.3. The molecule has 0 radical (unpaired) electrons. The highest BCUT2D eigenvalue weighted by Crippen LogP contribution is 2.23. The molecule has 8 nitrogen and oxygen atoms in total. The zero-order valence-corrected chi connectivity index (χ0v) is 15.8. The standard InChI is InChI=1S/C16H21N3O5S2/c20-19(21)13-5-3-12(4-6-13)17-16(25)18(10-15-2-1-8-24-15)14-7-9-26(22,23)11-14/h3-6,14-15H,1-2,7-11H2,(H,17,25)/t14-,15+/m1/s1. The predicted molar refractivity (Wildman–Crippen MR) is 102 cm³/mol. The second-order valence-corrected chi connectivity index (χ2v) is 9.19. The zero-order valence-electron chi connectivity index (χ0n) is 14.2. The third kappa shape index (κ3) is 4.68. The molecule has 2 fully saturated rings. The molecule has 1 aromatic carbocycles. The van der Waals surface area contributed by atoms with E-state index in [2.05, 4.69) is 5.32 Å². The number of nitro groups is 1. The third-order valence-electron chi connectivity index (χ3n) is 4.66. The Hall–Kier alpha value is -1.78. The van der Waals surface area contributed by atoms with Crippen LogP contribution < -0.4 is 5.32 Å². The van der Waals surface area contributed by atoms with Crippen LogP contribution in [0.4, 0.5) is 11.4 Å². The summed E-state index contributed by atoms with van der Waals surface area (Å²) in [6, 6.07) is 5.78. The molecule has 2 saturated heterocycles. The van der Waals surface area contributed by atoms with E-state index in [4.69, 9.17) is 17.0 Å². The van der Waals surface area contributed by atoms with Crippen LogP contribution in [0.25, 0.3) is 0 Å². The van der Waals surface area contributed by atoms with Crippen LogP contribution in [0.1, 0.15) is 19.3 Å². The lowest BCUT2D eigenvalue weighted by atomic mass is 10.2. The Kier molecular flexibility index (Phi) is 5.73. The maximum Gasteiger partial charge on any atom is 0.269 e. The van der Waals surface area contributed by atoms with E-state index in [9.17, 15) is 18.5 Å². The molecule has 2 heterocycles. The molecule has 0 aliphatic carbocycles. The van der Waals surface area contributed by atoms with Crippen LogP contribution in [-0.4, -0.2) is 60.2 Å². The number of nitrogens with zero attached hydrogens (tertiary/aromatic N) is 2. The first-order valence-electron chi connectivity index (χ1n) is 8.48. The highest BCUT2D eigenvalue weighted by atomic mass is 32.2. The summed E-state index contributed by atoms with van der Waals surface area (Å²) in [5.41, 5.74) is 0.623. The zero-order chi connectivity index (χ0) is 18.7. The fourth-order valence-electron chi connectivity index (χ4n) is 3.29. The van der Waals surface area contributed by atoms with Gasteiger partial charge in [-0.15, -0.1) is 0 Å². The number of ether oxygens (including phenoxy) is 1. The van der Waals surface area contributed by atoms with Crippen molar-refractivity contribution in [3.63, 3.8) is 0 Å². The number of nitrogens with one attached hydrogen (secondary N) is 1. The van der Waals surface area contributed by atoms with Gasteiger partial charge in [0, 0.05) is 37.0 Å². The Labute approximate surface area is 157 Å². The van der Waals surface area contributed by atoms with E-state index in [1.807, 2.05) is 4.90 Å². The maximum atomic E-state index is 11.9. The molecule has 0 aromatic heterocycles. The molecule has 0 unspecified atom stereocenters. The van der Waals surface area contributed by atoms with E-state index in [0.717, 1.165) is 12.8 Å². The van der Waals surface area contributed by atoms with Gasteiger partial charge in [-0.05, 0) is 43.6 Å². The van der Waals surface area contributed by atoms with Crippen molar-refractivity contribution < 1.29 is 18.1 Å². The molecule has 10 heteroatoms. The largest absolute Gasteiger partial charge is 0.376 e. The van der Waals surface area contributed by atoms with Crippen LogP contribution in [0.5, 0.6) is 0 Å². The van der Waals surface area contributed by atoms with Gasteiger partial charge in [-0.2, -0.15) is 0 Å². The van der Waals surface area contributed by atoms with Gasteiger partial charge >= 0.3 is 0 Å². The van der Waals surface area contributed by atoms with Crippen molar-refractivity contribution >= 4 is 38.5 Å². The third-order valence-corrected chi connectivity index (χ3v) is 6.75. The number of nitro benzene ring substituents is 1. The van der Waals surface area contributed by atoms with Crippen molar-refractivity contribution in [1.29, 1.82) is 0 Å². The fourth-order valence-corrected chi connectivity index (χ4v) is 5.36. The van der Waals surface area contributed by atoms with E-state index in [-0.39, 0.29) is 29.3 Å². The summed E-state index contributed by atoms with van der Waals surface area (Å²) >= 11 is 5.52. The SMILES string of the molecule is O=[N+]([O-])c1ccc(NC(=S)N(C[C@@H]2CCCO2)[C@@H]2CCS(=O)(=O)C2)cc1. The van der Waals surface area contributed by atoms with E-state index in [0.29, 0.717) is 30.4 Å². The Bertz CT molecular complexity index is 776. The van der Waals surface area contributed by atoms with Crippen molar-refractivity contribution in [3.8, 4) is 0 Å². The van der Waals surface area contributed by atoms with Crippen LogP contribution in [0.3, 0.4) is 0 Å². The molecule has 0 amide bonds. The number of sulfone groups is 1. The number of benzene rings is 1. The van der Waals surface area contributed by atoms with Crippen LogP contribution in [-0.2, 0) is 14.6 Å². The van der Waals surface area contributed by atoms with Crippen LogP contribution >= 0.6 is 12.2 Å². The number of hydrogen-bond donors (Lipinski definition) is 1. The van der Waals surface area contributed by atoms with Gasteiger partial charge in [0.15, 0.2) is 14.9 Å². The average molecular weight is 399 g/mol. The highest BCUT2D eigenvalue weighted by Gasteiger charge is 2.35. The van der Waals surface area contributed by atoms with E-state index >= 15 is 0 Å². The van der Waals surface area contributed by atoms with Gasteiger partial charge in [0.05, 0.1) is 22.5 Å². The van der Waals surface area contributed by atoms with E-state index in [1.165, 1.54) is 12.1 Å². The van der Waals surface area contributed by atoms with E-state index < -0.39 is 14.8 Å². The van der Waals surface area contributed by atoms with Gasteiger partial charge in [-0.25, -0.2) is 8.42 Å². The van der Waals surface area contributed by atoms with Gasteiger partial charge in [-0.1, -0.05) is 0 Å². The molecule has 142 valence electrons. The molecular weight excluding hydrogens is 378 g/mol. The molecule has 0 saturated carbocycles. The van der Waals surface area contributed by atoms with Crippen LogP contribution in [0.2, 0.25) is 0 Å². The summed E-state index contributed by atoms with van der Waals surface area (Å²) < 4.78 is 29.4. The number of non-ortho nitro benzene ring substituents is 1. The van der Waals surface area contributed by atoms with Crippen molar-refractivity contribution in [2.75, 3.05) is 30.0 Å². The Morgan fingerprint density at radius 2 is 2.08 bits per heavy atom. The molecule has 1 N–H and O–H groups in total. The number of anilines is 1. The first kappa shape index (κ1) is 19.0. The van der Waals surface area contributed by atoms with Gasteiger partial charge < -0.3 is 15.0 Å². The molecule has 2 aliphatic rings. The Morgan fingerprint density at radius 1 is 1.35 bits per heavy atom. The second kappa shape index (κ2) is 7.85. The Morgan fingerprint density at radius 3 is 2.62 bits per heavy atom. The molecular formula is C16H21N3O5S2. The molecule has 2 aliphatic heterocycles. The normalized spacial score (nSPS) is 24.3. The molecule has 2 atom stereocenters. The highest BCUT2D eigenvalue weighted by molar-refractivity contribution is 7.91. The quantitative estimate of drug-likeness (QED) is 0.455. The van der Waals surface area contributed by atoms with Crippen LogP contribution in [0, 0.1) is 10.1 Å². The van der Waals surface area contributed by atoms with Crippen molar-refractivity contribution in [3.05, 3.63) is 34.4 Å². The lowest BCUT2D eigenvalue weighted by Gasteiger charge is -2.33. The fraction of sp³-hybridized carbons (Fsp3) is 0.562. The van der Waals surface area contributed by atoms with Gasteiger partial charge in [0.2, 0.25) is 0 Å². The summed E-state index contributed by atoms with van der Waals surface area (Å²) in [5, 5.41) is 14.2. The lowest BCUT2D eigenvalue weighted by Crippen LogP contribution is -2.47. The summed E-state index contributed by atoms with van der Waals surface area (Å²) in [4.78, 5) is 12.2. The summed E-state index contributed by atoms with van der Waals surface area (Å²) in [7, 11) is -3.04. The smallest absolute Gasteiger partial charge is 0.269 e. The predicted octanol–water partition coefficient (Wildman–Crippen LogP) is 1.96.